The van der Waals surface area contributed by atoms with Gasteiger partial charge in [-0.25, -0.2) is 19.2 Å². The molecule has 0 aliphatic heterocycles. The summed E-state index contributed by atoms with van der Waals surface area (Å²) < 4.78 is 45.8. The molecule has 1 saturated carbocycles. The Morgan fingerprint density at radius 3 is 2.00 bits per heavy atom. The zero-order valence-electron chi connectivity index (χ0n) is 26.0. The molecule has 0 saturated heterocycles. The highest BCUT2D eigenvalue weighted by atomic mass is 19.2. The number of esters is 1. The first kappa shape index (κ1) is 33.3. The number of hydrogen-bond donors (Lipinski definition) is 0. The highest BCUT2D eigenvalue weighted by Gasteiger charge is 2.22. The van der Waals surface area contributed by atoms with E-state index in [0.29, 0.717) is 19.0 Å². The van der Waals surface area contributed by atoms with Crippen molar-refractivity contribution in [3.05, 3.63) is 66.0 Å². The summed E-state index contributed by atoms with van der Waals surface area (Å²) in [4.78, 5) is 21.1. The quantitative estimate of drug-likeness (QED) is 0.0885. The average Bonchev–Trinajstić information content (AvgIpc) is 3.87. The molecule has 1 aliphatic carbocycles. The monoisotopic (exact) mass is 608 g/mol. The molecule has 0 radical (unpaired) electrons. The van der Waals surface area contributed by atoms with Crippen molar-refractivity contribution in [2.75, 3.05) is 13.2 Å². The van der Waals surface area contributed by atoms with Crippen LogP contribution in [-0.4, -0.2) is 29.2 Å². The van der Waals surface area contributed by atoms with Crippen LogP contribution in [0.5, 0.6) is 17.2 Å². The molecule has 8 heteroatoms. The van der Waals surface area contributed by atoms with Gasteiger partial charge in [0.1, 0.15) is 5.75 Å². The summed E-state index contributed by atoms with van der Waals surface area (Å²) in [5, 5.41) is 0. The van der Waals surface area contributed by atoms with E-state index in [1.165, 1.54) is 95.2 Å². The normalized spacial score (nSPS) is 12.7. The number of rotatable bonds is 21. The van der Waals surface area contributed by atoms with Crippen LogP contribution in [0.3, 0.4) is 0 Å². The standard InChI is InChI=1S/C36H46F2N2O4/c1-2-3-4-5-9-12-23-42-29-19-17-28(18-20-29)35-39-25-30(26-40-35)44-36(41)31-21-22-32(34(38)33(31)37)43-24-13-10-7-6-8-11-14-27-15-16-27/h17-22,25-27H,2-16,23-24H2,1H3. The van der Waals surface area contributed by atoms with Gasteiger partial charge in [-0.15, -0.1) is 0 Å². The molecule has 238 valence electrons. The van der Waals surface area contributed by atoms with E-state index in [9.17, 15) is 13.6 Å². The highest BCUT2D eigenvalue weighted by molar-refractivity contribution is 5.91. The highest BCUT2D eigenvalue weighted by Crippen LogP contribution is 2.34. The number of nitrogens with zero attached hydrogens (tertiary/aromatic N) is 2. The lowest BCUT2D eigenvalue weighted by atomic mass is 10.1. The van der Waals surface area contributed by atoms with Crippen LogP contribution in [0.2, 0.25) is 0 Å². The second-order valence-electron chi connectivity index (χ2n) is 11.7. The smallest absolute Gasteiger partial charge is 0.346 e. The second-order valence-corrected chi connectivity index (χ2v) is 11.7. The minimum Gasteiger partial charge on any atom is -0.494 e. The Kier molecular flexibility index (Phi) is 13.9. The molecular weight excluding hydrogens is 562 g/mol. The van der Waals surface area contributed by atoms with E-state index >= 15 is 0 Å². The molecule has 0 unspecified atom stereocenters. The van der Waals surface area contributed by atoms with Crippen LogP contribution >= 0.6 is 0 Å². The van der Waals surface area contributed by atoms with Crippen LogP contribution in [-0.2, 0) is 0 Å². The zero-order valence-corrected chi connectivity index (χ0v) is 26.0. The summed E-state index contributed by atoms with van der Waals surface area (Å²) in [5.74, 6) is -1.55. The van der Waals surface area contributed by atoms with Gasteiger partial charge < -0.3 is 14.2 Å². The molecule has 0 spiro atoms. The van der Waals surface area contributed by atoms with Crippen molar-refractivity contribution in [2.24, 2.45) is 5.92 Å². The minimum atomic E-state index is -1.31. The predicted octanol–water partition coefficient (Wildman–Crippen LogP) is 9.90. The average molecular weight is 609 g/mol. The maximum absolute atomic E-state index is 14.7. The van der Waals surface area contributed by atoms with E-state index in [1.54, 1.807) is 0 Å². The molecule has 6 nitrogen and oxygen atoms in total. The summed E-state index contributed by atoms with van der Waals surface area (Å²) in [6, 6.07) is 9.87. The Morgan fingerprint density at radius 1 is 0.727 bits per heavy atom. The molecule has 1 heterocycles. The van der Waals surface area contributed by atoms with E-state index in [-0.39, 0.29) is 11.5 Å². The van der Waals surface area contributed by atoms with Crippen molar-refractivity contribution in [1.82, 2.24) is 9.97 Å². The van der Waals surface area contributed by atoms with E-state index in [0.717, 1.165) is 42.9 Å². The van der Waals surface area contributed by atoms with Crippen LogP contribution in [0, 0.1) is 17.6 Å². The van der Waals surface area contributed by atoms with Gasteiger partial charge in [-0.05, 0) is 55.2 Å². The summed E-state index contributed by atoms with van der Waals surface area (Å²) in [7, 11) is 0. The minimum absolute atomic E-state index is 0.0188. The number of benzene rings is 2. The van der Waals surface area contributed by atoms with Crippen molar-refractivity contribution in [3.8, 4) is 28.6 Å². The van der Waals surface area contributed by atoms with E-state index < -0.39 is 23.2 Å². The van der Waals surface area contributed by atoms with Gasteiger partial charge in [0.2, 0.25) is 5.82 Å². The van der Waals surface area contributed by atoms with Crippen molar-refractivity contribution < 1.29 is 27.8 Å². The Balaban J connectivity index is 1.18. The zero-order chi connectivity index (χ0) is 31.0. The maximum Gasteiger partial charge on any atom is 0.346 e. The molecular formula is C36H46F2N2O4. The number of carbonyl (C=O) groups is 1. The van der Waals surface area contributed by atoms with Crippen molar-refractivity contribution in [3.63, 3.8) is 0 Å². The van der Waals surface area contributed by atoms with E-state index in [1.807, 2.05) is 24.3 Å². The van der Waals surface area contributed by atoms with Gasteiger partial charge in [-0.1, -0.05) is 90.4 Å². The molecule has 44 heavy (non-hydrogen) atoms. The summed E-state index contributed by atoms with van der Waals surface area (Å²) in [5.41, 5.74) is 0.240. The Morgan fingerprint density at radius 2 is 1.34 bits per heavy atom. The topological polar surface area (TPSA) is 70.5 Å². The Hall–Kier alpha value is -3.55. The van der Waals surface area contributed by atoms with E-state index in [2.05, 4.69) is 16.9 Å². The summed E-state index contributed by atoms with van der Waals surface area (Å²) >= 11 is 0. The van der Waals surface area contributed by atoms with Crippen LogP contribution in [0.15, 0.2) is 48.8 Å². The predicted molar refractivity (Wildman–Crippen MR) is 168 cm³/mol. The van der Waals surface area contributed by atoms with Gasteiger partial charge in [-0.2, -0.15) is 4.39 Å². The fourth-order valence-corrected chi connectivity index (χ4v) is 5.08. The number of unbranched alkanes of at least 4 members (excludes halogenated alkanes) is 10. The molecule has 1 fully saturated rings. The molecule has 0 atom stereocenters. The third kappa shape index (κ3) is 11.2. The molecule has 2 aromatic carbocycles. The fourth-order valence-electron chi connectivity index (χ4n) is 5.08. The molecule has 1 aliphatic rings. The van der Waals surface area contributed by atoms with Gasteiger partial charge >= 0.3 is 5.97 Å². The number of ether oxygens (including phenoxy) is 3. The third-order valence-electron chi connectivity index (χ3n) is 7.95. The molecule has 1 aromatic heterocycles. The van der Waals surface area contributed by atoms with Crippen LogP contribution in [0.1, 0.15) is 114 Å². The lowest BCUT2D eigenvalue weighted by molar-refractivity contribution is 0.0727. The lowest BCUT2D eigenvalue weighted by Gasteiger charge is -2.10. The molecule has 3 aromatic rings. The van der Waals surface area contributed by atoms with Gasteiger partial charge in [-0.3, -0.25) is 0 Å². The SMILES string of the molecule is CCCCCCCCOc1ccc(-c2ncc(OC(=O)c3ccc(OCCCCCCCCC4CC4)c(F)c3F)cn2)cc1. The lowest BCUT2D eigenvalue weighted by Crippen LogP contribution is -2.13. The van der Waals surface area contributed by atoms with Gasteiger partial charge in [0.25, 0.3) is 0 Å². The molecule has 0 bridgehead atoms. The second kappa shape index (κ2) is 18.3. The van der Waals surface area contributed by atoms with Gasteiger partial charge in [0.05, 0.1) is 31.2 Å². The van der Waals surface area contributed by atoms with Gasteiger partial charge in [0, 0.05) is 5.56 Å². The first-order chi connectivity index (χ1) is 21.5. The van der Waals surface area contributed by atoms with Crippen molar-refractivity contribution in [1.29, 1.82) is 0 Å². The van der Waals surface area contributed by atoms with E-state index in [4.69, 9.17) is 14.2 Å². The number of hydrogen-bond acceptors (Lipinski definition) is 6. The first-order valence-corrected chi connectivity index (χ1v) is 16.4. The molecule has 0 amide bonds. The van der Waals surface area contributed by atoms with Crippen molar-refractivity contribution in [2.45, 2.75) is 103 Å². The molecule has 4 rings (SSSR count). The third-order valence-corrected chi connectivity index (χ3v) is 7.95. The summed E-state index contributed by atoms with van der Waals surface area (Å²) in [6.45, 7) is 3.19. The maximum atomic E-state index is 14.7. The van der Waals surface area contributed by atoms with Crippen molar-refractivity contribution >= 4 is 5.97 Å². The fraction of sp³-hybridized carbons (Fsp3) is 0.528. The number of aromatic nitrogens is 2. The Labute approximate surface area is 260 Å². The number of carbonyl (C=O) groups excluding carboxylic acids is 1. The summed E-state index contributed by atoms with van der Waals surface area (Å²) in [6.07, 6.45) is 20.7. The van der Waals surface area contributed by atoms with Crippen LogP contribution in [0.4, 0.5) is 8.78 Å². The van der Waals surface area contributed by atoms with Crippen LogP contribution < -0.4 is 14.2 Å². The largest absolute Gasteiger partial charge is 0.494 e. The first-order valence-electron chi connectivity index (χ1n) is 16.4. The van der Waals surface area contributed by atoms with Crippen LogP contribution in [0.25, 0.3) is 11.4 Å². The van der Waals surface area contributed by atoms with Gasteiger partial charge in [0.15, 0.2) is 23.1 Å². The number of halogens is 2. The Bertz CT molecular complexity index is 1280. The molecule has 0 N–H and O–H groups in total.